The number of nitrogens with zero attached hydrogens (tertiary/aromatic N) is 2. The number of hydrogen-bond acceptors (Lipinski definition) is 3. The molecule has 1 aromatic carbocycles. The van der Waals surface area contributed by atoms with Gasteiger partial charge >= 0.3 is 0 Å². The molecule has 0 saturated carbocycles. The van der Waals surface area contributed by atoms with Crippen LogP contribution in [0.4, 0.5) is 0 Å². The first-order valence-electron chi connectivity index (χ1n) is 6.13. The van der Waals surface area contributed by atoms with Crippen LogP contribution in [-0.4, -0.2) is 31.1 Å². The molecular formula is C14H18N2O. The summed E-state index contributed by atoms with van der Waals surface area (Å²) in [6, 6.07) is 10.2. The molecule has 1 aromatic rings. The predicted molar refractivity (Wildman–Crippen MR) is 66.9 cm³/mol. The summed E-state index contributed by atoms with van der Waals surface area (Å²) in [5, 5.41) is 8.93. The summed E-state index contributed by atoms with van der Waals surface area (Å²) in [5.74, 6) is 0.704. The van der Waals surface area contributed by atoms with Crippen LogP contribution in [0.2, 0.25) is 0 Å². The van der Waals surface area contributed by atoms with Crippen LogP contribution >= 0.6 is 0 Å². The maximum Gasteiger partial charge on any atom is 0.137 e. The molecule has 0 amide bonds. The standard InChI is InChI=1S/C14H18N2O/c1-16-9-4-6-13(16)8-10-17-14-7-3-2-5-12(14)11-15/h2-3,5,7,13H,4,6,8-10H2,1H3. The Morgan fingerprint density at radius 2 is 2.29 bits per heavy atom. The number of likely N-dealkylation sites (tertiary alicyclic amines) is 1. The average molecular weight is 230 g/mol. The van der Waals surface area contributed by atoms with Crippen LogP contribution < -0.4 is 4.74 Å². The Kier molecular flexibility index (Phi) is 4.00. The van der Waals surface area contributed by atoms with E-state index >= 15 is 0 Å². The minimum Gasteiger partial charge on any atom is -0.492 e. The van der Waals surface area contributed by atoms with Gasteiger partial charge < -0.3 is 9.64 Å². The Bertz CT molecular complexity index is 411. The van der Waals surface area contributed by atoms with Gasteiger partial charge in [0.05, 0.1) is 12.2 Å². The fourth-order valence-corrected chi connectivity index (χ4v) is 2.33. The van der Waals surface area contributed by atoms with Crippen molar-refractivity contribution in [2.45, 2.75) is 25.3 Å². The van der Waals surface area contributed by atoms with Crippen LogP contribution in [0.3, 0.4) is 0 Å². The highest BCUT2D eigenvalue weighted by atomic mass is 16.5. The normalized spacial score (nSPS) is 20.1. The van der Waals surface area contributed by atoms with E-state index in [1.54, 1.807) is 6.07 Å². The van der Waals surface area contributed by atoms with Gasteiger partial charge in [-0.15, -0.1) is 0 Å². The van der Waals surface area contributed by atoms with Crippen molar-refractivity contribution in [1.82, 2.24) is 4.90 Å². The maximum atomic E-state index is 8.93. The second kappa shape index (κ2) is 5.70. The fourth-order valence-electron chi connectivity index (χ4n) is 2.33. The molecule has 1 unspecified atom stereocenters. The van der Waals surface area contributed by atoms with E-state index in [9.17, 15) is 0 Å². The smallest absolute Gasteiger partial charge is 0.137 e. The Balaban J connectivity index is 1.84. The highest BCUT2D eigenvalue weighted by Gasteiger charge is 2.20. The zero-order valence-corrected chi connectivity index (χ0v) is 10.2. The SMILES string of the molecule is CN1CCCC1CCOc1ccccc1C#N. The largest absolute Gasteiger partial charge is 0.492 e. The van der Waals surface area contributed by atoms with Crippen LogP contribution in [0.1, 0.15) is 24.8 Å². The number of ether oxygens (including phenoxy) is 1. The van der Waals surface area contributed by atoms with Crippen molar-refractivity contribution in [2.75, 3.05) is 20.2 Å². The average Bonchev–Trinajstić information content (AvgIpc) is 2.76. The summed E-state index contributed by atoms with van der Waals surface area (Å²) in [6.45, 7) is 1.88. The number of benzene rings is 1. The molecule has 1 saturated heterocycles. The highest BCUT2D eigenvalue weighted by Crippen LogP contribution is 2.20. The van der Waals surface area contributed by atoms with Crippen LogP contribution in [0.5, 0.6) is 5.75 Å². The lowest BCUT2D eigenvalue weighted by Gasteiger charge is -2.19. The Morgan fingerprint density at radius 3 is 3.00 bits per heavy atom. The molecule has 0 N–H and O–H groups in total. The fraction of sp³-hybridized carbons (Fsp3) is 0.500. The van der Waals surface area contributed by atoms with Crippen LogP contribution in [-0.2, 0) is 0 Å². The molecule has 1 atom stereocenters. The molecule has 1 aliphatic heterocycles. The number of rotatable bonds is 4. The van der Waals surface area contributed by atoms with E-state index in [1.807, 2.05) is 18.2 Å². The molecule has 2 rings (SSSR count). The number of para-hydroxylation sites is 1. The molecule has 0 aliphatic carbocycles. The maximum absolute atomic E-state index is 8.93. The molecule has 0 radical (unpaired) electrons. The predicted octanol–water partition coefficient (Wildman–Crippen LogP) is 2.42. The molecule has 90 valence electrons. The van der Waals surface area contributed by atoms with Gasteiger partial charge in [-0.3, -0.25) is 0 Å². The van der Waals surface area contributed by atoms with Gasteiger partial charge in [0.2, 0.25) is 0 Å². The van der Waals surface area contributed by atoms with Gasteiger partial charge in [0, 0.05) is 6.04 Å². The van der Waals surface area contributed by atoms with Gasteiger partial charge in [-0.1, -0.05) is 12.1 Å². The number of hydrogen-bond donors (Lipinski definition) is 0. The van der Waals surface area contributed by atoms with Crippen molar-refractivity contribution < 1.29 is 4.74 Å². The quantitative estimate of drug-likeness (QED) is 0.797. The molecule has 1 heterocycles. The topological polar surface area (TPSA) is 36.3 Å². The third kappa shape index (κ3) is 2.98. The molecular weight excluding hydrogens is 212 g/mol. The van der Waals surface area contributed by atoms with Crippen LogP contribution in [0.15, 0.2) is 24.3 Å². The van der Waals surface area contributed by atoms with Crippen molar-refractivity contribution >= 4 is 0 Å². The number of nitriles is 1. The molecule has 1 aliphatic rings. The van der Waals surface area contributed by atoms with Gasteiger partial charge in [0.1, 0.15) is 11.8 Å². The van der Waals surface area contributed by atoms with E-state index < -0.39 is 0 Å². The molecule has 17 heavy (non-hydrogen) atoms. The minimum atomic E-state index is 0.618. The van der Waals surface area contributed by atoms with Crippen molar-refractivity contribution in [2.24, 2.45) is 0 Å². The van der Waals surface area contributed by atoms with Crippen molar-refractivity contribution in [3.8, 4) is 11.8 Å². The Morgan fingerprint density at radius 1 is 1.47 bits per heavy atom. The first-order valence-corrected chi connectivity index (χ1v) is 6.13. The second-order valence-corrected chi connectivity index (χ2v) is 4.52. The second-order valence-electron chi connectivity index (χ2n) is 4.52. The van der Waals surface area contributed by atoms with E-state index in [1.165, 1.54) is 19.4 Å². The summed E-state index contributed by atoms with van der Waals surface area (Å²) in [4.78, 5) is 2.39. The van der Waals surface area contributed by atoms with Gasteiger partial charge in [0.15, 0.2) is 0 Å². The van der Waals surface area contributed by atoms with E-state index in [0.29, 0.717) is 24.0 Å². The van der Waals surface area contributed by atoms with Gasteiger partial charge in [-0.2, -0.15) is 5.26 Å². The summed E-state index contributed by atoms with van der Waals surface area (Å²) < 4.78 is 5.69. The van der Waals surface area contributed by atoms with E-state index in [-0.39, 0.29) is 0 Å². The Labute approximate surface area is 103 Å². The summed E-state index contributed by atoms with van der Waals surface area (Å²) >= 11 is 0. The van der Waals surface area contributed by atoms with Crippen LogP contribution in [0.25, 0.3) is 0 Å². The molecule has 1 fully saturated rings. The van der Waals surface area contributed by atoms with Crippen molar-refractivity contribution in [3.63, 3.8) is 0 Å². The summed E-state index contributed by atoms with van der Waals surface area (Å²) in [5.41, 5.74) is 0.618. The van der Waals surface area contributed by atoms with E-state index in [2.05, 4.69) is 18.0 Å². The zero-order chi connectivity index (χ0) is 12.1. The zero-order valence-electron chi connectivity index (χ0n) is 10.2. The monoisotopic (exact) mass is 230 g/mol. The lowest BCUT2D eigenvalue weighted by molar-refractivity contribution is 0.233. The first-order chi connectivity index (χ1) is 8.31. The van der Waals surface area contributed by atoms with Gasteiger partial charge in [-0.25, -0.2) is 0 Å². The Hall–Kier alpha value is -1.53. The van der Waals surface area contributed by atoms with Crippen molar-refractivity contribution in [3.05, 3.63) is 29.8 Å². The van der Waals surface area contributed by atoms with Gasteiger partial charge in [0.25, 0.3) is 0 Å². The molecule has 0 aromatic heterocycles. The molecule has 0 bridgehead atoms. The first kappa shape index (κ1) is 11.9. The van der Waals surface area contributed by atoms with Gasteiger partial charge in [-0.05, 0) is 45.0 Å². The lowest BCUT2D eigenvalue weighted by Crippen LogP contribution is -2.26. The lowest BCUT2D eigenvalue weighted by atomic mass is 10.1. The molecule has 3 nitrogen and oxygen atoms in total. The van der Waals surface area contributed by atoms with Crippen molar-refractivity contribution in [1.29, 1.82) is 5.26 Å². The summed E-state index contributed by atoms with van der Waals surface area (Å²) in [6.07, 6.45) is 3.59. The molecule has 0 spiro atoms. The summed E-state index contributed by atoms with van der Waals surface area (Å²) in [7, 11) is 2.17. The van der Waals surface area contributed by atoms with E-state index in [4.69, 9.17) is 10.00 Å². The highest BCUT2D eigenvalue weighted by molar-refractivity contribution is 5.42. The third-order valence-corrected chi connectivity index (χ3v) is 3.39. The van der Waals surface area contributed by atoms with Crippen LogP contribution in [0, 0.1) is 11.3 Å². The minimum absolute atomic E-state index is 0.618. The van der Waals surface area contributed by atoms with E-state index in [0.717, 1.165) is 6.42 Å². The third-order valence-electron chi connectivity index (χ3n) is 3.39. The molecule has 3 heteroatoms.